The van der Waals surface area contributed by atoms with Crippen LogP contribution in [-0.2, 0) is 10.0 Å². The first kappa shape index (κ1) is 15.6. The molecule has 1 unspecified atom stereocenters. The first-order chi connectivity index (χ1) is 9.62. The monoisotopic (exact) mass is 315 g/mol. The fourth-order valence-corrected chi connectivity index (χ4v) is 4.42. The minimum atomic E-state index is -3.44. The number of pyridine rings is 1. The van der Waals surface area contributed by atoms with Gasteiger partial charge in [-0.05, 0) is 31.1 Å². The number of hydrogen-bond donors (Lipinski definition) is 2. The molecule has 1 aromatic rings. The van der Waals surface area contributed by atoms with Crippen LogP contribution < -0.4 is 10.0 Å². The average molecular weight is 315 g/mol. The van der Waals surface area contributed by atoms with Gasteiger partial charge in [0.05, 0.1) is 4.90 Å². The van der Waals surface area contributed by atoms with E-state index in [9.17, 15) is 8.42 Å². The summed E-state index contributed by atoms with van der Waals surface area (Å²) in [6.45, 7) is 3.34. The van der Waals surface area contributed by atoms with Gasteiger partial charge in [-0.25, -0.2) is 18.1 Å². The van der Waals surface area contributed by atoms with Gasteiger partial charge in [0.25, 0.3) is 0 Å². The molecule has 112 valence electrons. The number of rotatable bonds is 7. The lowest BCUT2D eigenvalue weighted by atomic mass is 10.2. The van der Waals surface area contributed by atoms with E-state index < -0.39 is 10.0 Å². The highest BCUT2D eigenvalue weighted by atomic mass is 32.2. The molecule has 20 heavy (non-hydrogen) atoms. The largest absolute Gasteiger partial charge is 0.370 e. The Labute approximate surface area is 125 Å². The number of anilines is 1. The van der Waals surface area contributed by atoms with Crippen molar-refractivity contribution >= 4 is 27.6 Å². The van der Waals surface area contributed by atoms with Crippen LogP contribution in [0.4, 0.5) is 5.82 Å². The van der Waals surface area contributed by atoms with Crippen LogP contribution in [0.5, 0.6) is 0 Å². The third-order valence-corrected chi connectivity index (χ3v) is 5.94. The third-order valence-electron chi connectivity index (χ3n) is 3.12. The van der Waals surface area contributed by atoms with Gasteiger partial charge in [-0.3, -0.25) is 0 Å². The van der Waals surface area contributed by atoms with Gasteiger partial charge in [-0.2, -0.15) is 11.8 Å². The molecule has 2 rings (SSSR count). The zero-order chi connectivity index (χ0) is 14.4. The van der Waals surface area contributed by atoms with Gasteiger partial charge in [0.1, 0.15) is 5.82 Å². The van der Waals surface area contributed by atoms with Crippen molar-refractivity contribution in [2.45, 2.75) is 36.3 Å². The Morgan fingerprint density at radius 2 is 2.35 bits per heavy atom. The van der Waals surface area contributed by atoms with Gasteiger partial charge in [0, 0.05) is 30.6 Å². The number of aromatic nitrogens is 1. The normalized spacial score (nSPS) is 19.1. The quantitative estimate of drug-likeness (QED) is 0.806. The highest BCUT2D eigenvalue weighted by molar-refractivity contribution is 8.00. The second kappa shape index (κ2) is 7.28. The predicted octanol–water partition coefficient (Wildman–Crippen LogP) is 2.08. The second-order valence-electron chi connectivity index (χ2n) is 4.79. The van der Waals surface area contributed by atoms with Crippen LogP contribution in [0.15, 0.2) is 23.2 Å². The van der Waals surface area contributed by atoms with Crippen molar-refractivity contribution in [2.24, 2.45) is 0 Å². The molecule has 0 radical (unpaired) electrons. The number of nitrogens with zero attached hydrogens (tertiary/aromatic N) is 1. The topological polar surface area (TPSA) is 71.1 Å². The van der Waals surface area contributed by atoms with E-state index in [1.807, 2.05) is 11.8 Å². The highest BCUT2D eigenvalue weighted by Crippen LogP contribution is 2.25. The highest BCUT2D eigenvalue weighted by Gasteiger charge is 2.20. The first-order valence-electron chi connectivity index (χ1n) is 6.93. The van der Waals surface area contributed by atoms with Crippen molar-refractivity contribution in [3.8, 4) is 0 Å². The molecule has 1 aromatic heterocycles. The third kappa shape index (κ3) is 4.36. The zero-order valence-electron chi connectivity index (χ0n) is 11.6. The van der Waals surface area contributed by atoms with E-state index in [0.717, 1.165) is 25.1 Å². The number of nitrogens with one attached hydrogen (secondary N) is 2. The fourth-order valence-electron chi connectivity index (χ4n) is 2.02. The van der Waals surface area contributed by atoms with E-state index in [1.165, 1.54) is 18.7 Å². The molecule has 7 heteroatoms. The van der Waals surface area contributed by atoms with Crippen molar-refractivity contribution < 1.29 is 8.42 Å². The summed E-state index contributed by atoms with van der Waals surface area (Å²) in [6, 6.07) is 3.11. The van der Waals surface area contributed by atoms with E-state index in [4.69, 9.17) is 0 Å². The van der Waals surface area contributed by atoms with Crippen LogP contribution >= 0.6 is 11.8 Å². The molecule has 2 heterocycles. The molecule has 1 atom stereocenters. The molecule has 2 N–H and O–H groups in total. The fraction of sp³-hybridized carbons (Fsp3) is 0.615. The van der Waals surface area contributed by atoms with Gasteiger partial charge >= 0.3 is 0 Å². The summed E-state index contributed by atoms with van der Waals surface area (Å²) in [5.41, 5.74) is 0. The van der Waals surface area contributed by atoms with Gasteiger partial charge in [0.15, 0.2) is 0 Å². The van der Waals surface area contributed by atoms with Crippen molar-refractivity contribution in [3.05, 3.63) is 18.3 Å². The maximum absolute atomic E-state index is 12.2. The van der Waals surface area contributed by atoms with Crippen LogP contribution in [0.25, 0.3) is 0 Å². The summed E-state index contributed by atoms with van der Waals surface area (Å²) >= 11 is 1.84. The zero-order valence-corrected chi connectivity index (χ0v) is 13.3. The predicted molar refractivity (Wildman–Crippen MR) is 83.7 cm³/mol. The van der Waals surface area contributed by atoms with E-state index >= 15 is 0 Å². The first-order valence-corrected chi connectivity index (χ1v) is 9.46. The van der Waals surface area contributed by atoms with Crippen molar-refractivity contribution in [1.29, 1.82) is 0 Å². The molecule has 1 saturated heterocycles. The Bertz CT molecular complexity index is 528. The Kier molecular flexibility index (Phi) is 5.68. The van der Waals surface area contributed by atoms with Crippen LogP contribution in [0, 0.1) is 0 Å². The minimum absolute atomic E-state index is 0.272. The maximum Gasteiger partial charge on any atom is 0.240 e. The Balaban J connectivity index is 2.00. The minimum Gasteiger partial charge on any atom is -0.370 e. The number of thioether (sulfide) groups is 1. The lowest BCUT2D eigenvalue weighted by Gasteiger charge is -2.11. The van der Waals surface area contributed by atoms with Crippen molar-refractivity contribution in [3.63, 3.8) is 0 Å². The average Bonchev–Trinajstić information content (AvgIpc) is 2.97. The summed E-state index contributed by atoms with van der Waals surface area (Å²) in [4.78, 5) is 4.39. The Morgan fingerprint density at radius 3 is 3.05 bits per heavy atom. The molecule has 1 aliphatic heterocycles. The molecule has 1 aliphatic rings. The summed E-state index contributed by atoms with van der Waals surface area (Å²) in [5, 5.41) is 3.50. The lowest BCUT2D eigenvalue weighted by molar-refractivity contribution is 0.579. The smallest absolute Gasteiger partial charge is 0.240 e. The number of sulfonamides is 1. The van der Waals surface area contributed by atoms with Gasteiger partial charge in [-0.1, -0.05) is 6.92 Å². The Hall–Kier alpha value is -0.790. The SMILES string of the molecule is CCCNc1cc(S(=O)(=O)NCC2CCCS2)ccn1. The second-order valence-corrected chi connectivity index (χ2v) is 7.97. The molecule has 0 spiro atoms. The van der Waals surface area contributed by atoms with Crippen LogP contribution in [0.3, 0.4) is 0 Å². The molecule has 0 aromatic carbocycles. The van der Waals surface area contributed by atoms with E-state index in [1.54, 1.807) is 6.07 Å². The van der Waals surface area contributed by atoms with Gasteiger partial charge in [0.2, 0.25) is 10.0 Å². The molecule has 5 nitrogen and oxygen atoms in total. The Morgan fingerprint density at radius 1 is 1.50 bits per heavy atom. The van der Waals surface area contributed by atoms with E-state index in [-0.39, 0.29) is 4.90 Å². The summed E-state index contributed by atoms with van der Waals surface area (Å²) < 4.78 is 27.2. The van der Waals surface area contributed by atoms with Crippen LogP contribution in [0.2, 0.25) is 0 Å². The molecule has 0 bridgehead atoms. The molecule has 1 fully saturated rings. The van der Waals surface area contributed by atoms with E-state index in [2.05, 4.69) is 21.9 Å². The van der Waals surface area contributed by atoms with Crippen molar-refractivity contribution in [1.82, 2.24) is 9.71 Å². The number of hydrogen-bond acceptors (Lipinski definition) is 5. The molecule has 0 aliphatic carbocycles. The summed E-state index contributed by atoms with van der Waals surface area (Å²) in [5.74, 6) is 1.73. The molecule has 0 saturated carbocycles. The molecule has 0 amide bonds. The van der Waals surface area contributed by atoms with Crippen LogP contribution in [-0.4, -0.2) is 37.5 Å². The maximum atomic E-state index is 12.2. The summed E-state index contributed by atoms with van der Waals surface area (Å²) in [7, 11) is -3.44. The van der Waals surface area contributed by atoms with Crippen LogP contribution in [0.1, 0.15) is 26.2 Å². The standard InChI is InChI=1S/C13H21N3O2S2/c1-2-6-14-13-9-12(5-7-15-13)20(17,18)16-10-11-4-3-8-19-11/h5,7,9,11,16H,2-4,6,8,10H2,1H3,(H,14,15). The molecular formula is C13H21N3O2S2. The molecular weight excluding hydrogens is 294 g/mol. The van der Waals surface area contributed by atoms with Crippen molar-refractivity contribution in [2.75, 3.05) is 24.2 Å². The van der Waals surface area contributed by atoms with Gasteiger partial charge in [-0.15, -0.1) is 0 Å². The summed E-state index contributed by atoms with van der Waals surface area (Å²) in [6.07, 6.45) is 4.76. The lowest BCUT2D eigenvalue weighted by Crippen LogP contribution is -2.29. The van der Waals surface area contributed by atoms with E-state index in [0.29, 0.717) is 17.6 Å². The van der Waals surface area contributed by atoms with Gasteiger partial charge < -0.3 is 5.32 Å².